The van der Waals surface area contributed by atoms with Crippen molar-refractivity contribution in [3.05, 3.63) is 35.4 Å². The number of benzene rings is 2. The van der Waals surface area contributed by atoms with E-state index >= 15 is 0 Å². The van der Waals surface area contributed by atoms with Gasteiger partial charge < -0.3 is 5.73 Å². The highest BCUT2D eigenvalue weighted by Gasteiger charge is 2.16. The van der Waals surface area contributed by atoms with E-state index in [-0.39, 0.29) is 10.7 Å². The highest BCUT2D eigenvalue weighted by molar-refractivity contribution is 7.86. The molecule has 8 nitrogen and oxygen atoms in total. The standard InChI is InChI=1S/C12H8ClN5O3S2/c13-6-1-3-8(10(5-6)23(19,20)21)15-16-9-4-2-7(14)11-12(9)18-22-17-11/h1-5H,14H2,(H,19,20,21). The number of aromatic nitrogens is 2. The molecule has 2 aromatic carbocycles. The number of azo groups is 1. The summed E-state index contributed by atoms with van der Waals surface area (Å²) in [7, 11) is -4.48. The van der Waals surface area contributed by atoms with Crippen molar-refractivity contribution in [2.24, 2.45) is 10.2 Å². The highest BCUT2D eigenvalue weighted by Crippen LogP contribution is 2.32. The summed E-state index contributed by atoms with van der Waals surface area (Å²) < 4.78 is 40.2. The number of nitrogens with two attached hydrogens (primary N) is 1. The third-order valence-corrected chi connectivity index (χ3v) is 4.54. The highest BCUT2D eigenvalue weighted by atomic mass is 35.5. The molecule has 1 heterocycles. The fourth-order valence-electron chi connectivity index (χ4n) is 1.84. The summed E-state index contributed by atoms with van der Waals surface area (Å²) in [5.74, 6) is 0. The van der Waals surface area contributed by atoms with E-state index in [1.54, 1.807) is 12.1 Å². The summed E-state index contributed by atoms with van der Waals surface area (Å²) >= 11 is 6.72. The summed E-state index contributed by atoms with van der Waals surface area (Å²) in [6, 6.07) is 7.06. The average Bonchev–Trinajstić information content (AvgIpc) is 2.97. The van der Waals surface area contributed by atoms with Crippen molar-refractivity contribution in [3.8, 4) is 0 Å². The molecule has 1 aromatic heterocycles. The predicted molar refractivity (Wildman–Crippen MR) is 87.3 cm³/mol. The third kappa shape index (κ3) is 3.15. The first-order valence-corrected chi connectivity index (χ1v) is 8.60. The average molecular weight is 370 g/mol. The second-order valence-electron chi connectivity index (χ2n) is 4.42. The Hall–Kier alpha value is -2.14. The maximum atomic E-state index is 11.4. The van der Waals surface area contributed by atoms with E-state index in [0.717, 1.165) is 17.8 Å². The monoisotopic (exact) mass is 369 g/mol. The Balaban J connectivity index is 2.10. The second kappa shape index (κ2) is 5.81. The van der Waals surface area contributed by atoms with Crippen LogP contribution in [0, 0.1) is 0 Å². The number of fused-ring (bicyclic) bond motifs is 1. The van der Waals surface area contributed by atoms with Gasteiger partial charge in [-0.25, -0.2) is 0 Å². The molecule has 0 fully saturated rings. The fraction of sp³-hybridized carbons (Fsp3) is 0. The molecule has 3 aromatic rings. The van der Waals surface area contributed by atoms with Crippen LogP contribution in [0.1, 0.15) is 0 Å². The number of rotatable bonds is 3. The molecule has 3 rings (SSSR count). The molecule has 0 saturated heterocycles. The van der Waals surface area contributed by atoms with Crippen LogP contribution in [-0.4, -0.2) is 21.7 Å². The van der Waals surface area contributed by atoms with Gasteiger partial charge in [-0.3, -0.25) is 4.55 Å². The molecule has 0 saturated carbocycles. The van der Waals surface area contributed by atoms with Gasteiger partial charge in [0.15, 0.2) is 0 Å². The SMILES string of the molecule is Nc1ccc(N=Nc2ccc(Cl)cc2S(=O)(=O)O)c2nsnc12. The van der Waals surface area contributed by atoms with Crippen LogP contribution < -0.4 is 5.73 Å². The maximum Gasteiger partial charge on any atom is 0.296 e. The first-order valence-electron chi connectivity index (χ1n) is 6.06. The lowest BCUT2D eigenvalue weighted by molar-refractivity contribution is 0.483. The van der Waals surface area contributed by atoms with Crippen LogP contribution in [0.4, 0.5) is 17.1 Å². The topological polar surface area (TPSA) is 131 Å². The largest absolute Gasteiger partial charge is 0.397 e. The van der Waals surface area contributed by atoms with Crippen LogP contribution in [0.15, 0.2) is 45.5 Å². The number of hydrogen-bond donors (Lipinski definition) is 2. The number of nitrogen functional groups attached to an aromatic ring is 1. The number of nitrogens with zero attached hydrogens (tertiary/aromatic N) is 4. The molecule has 0 radical (unpaired) electrons. The normalized spacial score (nSPS) is 12.3. The molecule has 0 amide bonds. The minimum Gasteiger partial charge on any atom is -0.397 e. The molecular formula is C12H8ClN5O3S2. The van der Waals surface area contributed by atoms with Crippen LogP contribution in [0.2, 0.25) is 5.02 Å². The van der Waals surface area contributed by atoms with E-state index < -0.39 is 15.0 Å². The molecule has 0 spiro atoms. The van der Waals surface area contributed by atoms with Crippen LogP contribution in [0.5, 0.6) is 0 Å². The fourth-order valence-corrected chi connectivity index (χ4v) is 3.30. The molecule has 3 N–H and O–H groups in total. The van der Waals surface area contributed by atoms with Crippen molar-refractivity contribution >= 4 is 61.5 Å². The van der Waals surface area contributed by atoms with Gasteiger partial charge in [-0.05, 0) is 30.3 Å². The number of anilines is 1. The Morgan fingerprint density at radius 2 is 1.74 bits per heavy atom. The van der Waals surface area contributed by atoms with Gasteiger partial charge in [0.1, 0.15) is 27.3 Å². The minimum atomic E-state index is -4.48. The van der Waals surface area contributed by atoms with Crippen molar-refractivity contribution < 1.29 is 13.0 Å². The third-order valence-electron chi connectivity index (χ3n) is 2.89. The van der Waals surface area contributed by atoms with Crippen molar-refractivity contribution in [2.75, 3.05) is 5.73 Å². The first-order chi connectivity index (χ1) is 10.9. The van der Waals surface area contributed by atoms with E-state index in [0.29, 0.717) is 22.4 Å². The Labute approximate surface area is 139 Å². The molecule has 118 valence electrons. The van der Waals surface area contributed by atoms with Gasteiger partial charge in [0.05, 0.1) is 17.4 Å². The molecule has 0 unspecified atom stereocenters. The summed E-state index contributed by atoms with van der Waals surface area (Å²) in [5, 5.41) is 7.99. The zero-order valence-corrected chi connectivity index (χ0v) is 13.6. The van der Waals surface area contributed by atoms with Gasteiger partial charge >= 0.3 is 0 Å². The van der Waals surface area contributed by atoms with Gasteiger partial charge in [0, 0.05) is 5.02 Å². The second-order valence-corrected chi connectivity index (χ2v) is 6.78. The molecule has 11 heteroatoms. The Morgan fingerprint density at radius 3 is 2.48 bits per heavy atom. The molecular weight excluding hydrogens is 362 g/mol. The molecule has 0 aliphatic carbocycles. The van der Waals surface area contributed by atoms with E-state index in [1.807, 2.05) is 0 Å². The van der Waals surface area contributed by atoms with Crippen molar-refractivity contribution in [2.45, 2.75) is 4.90 Å². The lowest BCUT2D eigenvalue weighted by Crippen LogP contribution is -1.98. The zero-order chi connectivity index (χ0) is 16.6. The van der Waals surface area contributed by atoms with E-state index in [1.165, 1.54) is 12.1 Å². The summed E-state index contributed by atoms with van der Waals surface area (Å²) in [5.41, 5.74) is 7.52. The van der Waals surface area contributed by atoms with Crippen molar-refractivity contribution in [3.63, 3.8) is 0 Å². The van der Waals surface area contributed by atoms with Crippen molar-refractivity contribution in [1.82, 2.24) is 8.75 Å². The van der Waals surface area contributed by atoms with Crippen LogP contribution in [0.3, 0.4) is 0 Å². The van der Waals surface area contributed by atoms with Crippen LogP contribution in [0.25, 0.3) is 11.0 Å². The smallest absolute Gasteiger partial charge is 0.296 e. The van der Waals surface area contributed by atoms with Crippen molar-refractivity contribution in [1.29, 1.82) is 0 Å². The lowest BCUT2D eigenvalue weighted by atomic mass is 10.2. The van der Waals surface area contributed by atoms with Crippen LogP contribution >= 0.6 is 23.3 Å². The summed E-state index contributed by atoms with van der Waals surface area (Å²) in [6.45, 7) is 0. The van der Waals surface area contributed by atoms with E-state index in [4.69, 9.17) is 17.3 Å². The molecule has 23 heavy (non-hydrogen) atoms. The van der Waals surface area contributed by atoms with E-state index in [9.17, 15) is 13.0 Å². The summed E-state index contributed by atoms with van der Waals surface area (Å²) in [6.07, 6.45) is 0. The maximum absolute atomic E-state index is 11.4. The Morgan fingerprint density at radius 1 is 1.09 bits per heavy atom. The van der Waals surface area contributed by atoms with Crippen LogP contribution in [-0.2, 0) is 10.1 Å². The van der Waals surface area contributed by atoms with Gasteiger partial charge in [-0.2, -0.15) is 17.2 Å². The Kier molecular flexibility index (Phi) is 3.98. The number of hydrogen-bond acceptors (Lipinski definition) is 8. The molecule has 0 bridgehead atoms. The lowest BCUT2D eigenvalue weighted by Gasteiger charge is -2.02. The molecule has 0 atom stereocenters. The Bertz CT molecular complexity index is 1030. The molecule has 0 aliphatic heterocycles. The van der Waals surface area contributed by atoms with Gasteiger partial charge in [0.2, 0.25) is 0 Å². The minimum absolute atomic E-state index is 0.0509. The number of halogens is 1. The van der Waals surface area contributed by atoms with Gasteiger partial charge in [0.25, 0.3) is 10.1 Å². The molecule has 0 aliphatic rings. The van der Waals surface area contributed by atoms with E-state index in [2.05, 4.69) is 19.0 Å². The van der Waals surface area contributed by atoms with Gasteiger partial charge in [-0.1, -0.05) is 11.6 Å². The predicted octanol–water partition coefficient (Wildman–Crippen LogP) is 3.59. The zero-order valence-electron chi connectivity index (χ0n) is 11.2. The summed E-state index contributed by atoms with van der Waals surface area (Å²) in [4.78, 5) is -0.433. The quantitative estimate of drug-likeness (QED) is 0.412. The first kappa shape index (κ1) is 15.7. The van der Waals surface area contributed by atoms with Gasteiger partial charge in [-0.15, -0.1) is 10.2 Å².